The van der Waals surface area contributed by atoms with Crippen LogP contribution in [0.15, 0.2) is 18.3 Å². The number of aromatic nitrogens is 1. The number of methoxy groups -OCH3 is 1. The number of nitrogens with one attached hydrogen (secondary N) is 1. The predicted octanol–water partition coefficient (Wildman–Crippen LogP) is 1.10. The molecule has 0 amide bonds. The van der Waals surface area contributed by atoms with Crippen molar-refractivity contribution in [2.24, 2.45) is 0 Å². The van der Waals surface area contributed by atoms with Gasteiger partial charge in [0, 0.05) is 57.6 Å². The van der Waals surface area contributed by atoms with Crippen LogP contribution in [0.2, 0.25) is 0 Å². The van der Waals surface area contributed by atoms with Gasteiger partial charge in [-0.3, -0.25) is 4.90 Å². The van der Waals surface area contributed by atoms with Crippen molar-refractivity contribution in [2.45, 2.75) is 25.4 Å². The van der Waals surface area contributed by atoms with Gasteiger partial charge in [0.2, 0.25) is 0 Å². The van der Waals surface area contributed by atoms with Gasteiger partial charge in [-0.25, -0.2) is 4.98 Å². The predicted molar refractivity (Wildman–Crippen MR) is 84.6 cm³/mol. The van der Waals surface area contributed by atoms with E-state index in [2.05, 4.69) is 26.2 Å². The molecule has 5 heteroatoms. The van der Waals surface area contributed by atoms with Gasteiger partial charge in [0.1, 0.15) is 5.82 Å². The zero-order valence-corrected chi connectivity index (χ0v) is 12.9. The zero-order chi connectivity index (χ0) is 14.5. The molecule has 0 saturated carbocycles. The van der Waals surface area contributed by atoms with Crippen molar-refractivity contribution in [3.8, 4) is 0 Å². The molecule has 2 fully saturated rings. The molecular weight excluding hydrogens is 264 g/mol. The minimum atomic E-state index is 0.732. The summed E-state index contributed by atoms with van der Waals surface area (Å²) >= 11 is 0. The van der Waals surface area contributed by atoms with Crippen LogP contribution in [0.1, 0.15) is 18.4 Å². The molecule has 2 saturated heterocycles. The zero-order valence-electron chi connectivity index (χ0n) is 12.9. The Morgan fingerprint density at radius 1 is 1.38 bits per heavy atom. The van der Waals surface area contributed by atoms with E-state index in [-0.39, 0.29) is 0 Å². The van der Waals surface area contributed by atoms with Crippen molar-refractivity contribution in [1.82, 2.24) is 15.2 Å². The molecule has 1 aromatic rings. The minimum absolute atomic E-state index is 0.732. The van der Waals surface area contributed by atoms with Crippen LogP contribution in [0.4, 0.5) is 5.82 Å². The molecule has 1 N–H and O–H groups in total. The highest BCUT2D eigenvalue weighted by molar-refractivity contribution is 5.47. The van der Waals surface area contributed by atoms with Gasteiger partial charge in [-0.2, -0.15) is 0 Å². The fraction of sp³-hybridized carbons (Fsp3) is 0.688. The number of fused-ring (bicyclic) bond motifs is 1. The fourth-order valence-corrected chi connectivity index (χ4v) is 3.43. The van der Waals surface area contributed by atoms with Crippen LogP contribution in [-0.2, 0) is 11.3 Å². The lowest BCUT2D eigenvalue weighted by atomic mass is 10.1. The quantitative estimate of drug-likeness (QED) is 0.795. The van der Waals surface area contributed by atoms with E-state index in [9.17, 15) is 0 Å². The number of hydrogen-bond donors (Lipinski definition) is 1. The van der Waals surface area contributed by atoms with Gasteiger partial charge in [-0.1, -0.05) is 6.07 Å². The molecule has 3 heterocycles. The van der Waals surface area contributed by atoms with Crippen LogP contribution in [0.3, 0.4) is 0 Å². The topological polar surface area (TPSA) is 40.6 Å². The highest BCUT2D eigenvalue weighted by Gasteiger charge is 2.31. The van der Waals surface area contributed by atoms with Gasteiger partial charge in [-0.15, -0.1) is 0 Å². The third-order valence-electron chi connectivity index (χ3n) is 4.55. The van der Waals surface area contributed by atoms with Crippen LogP contribution >= 0.6 is 0 Å². The SMILES string of the molecule is COCCNCc1cccnc1N1CCN2CCCC2C1. The molecule has 0 aliphatic carbocycles. The van der Waals surface area contributed by atoms with Gasteiger partial charge in [0.25, 0.3) is 0 Å². The van der Waals surface area contributed by atoms with E-state index >= 15 is 0 Å². The fourth-order valence-electron chi connectivity index (χ4n) is 3.43. The maximum atomic E-state index is 5.08. The average Bonchev–Trinajstić information content (AvgIpc) is 2.99. The monoisotopic (exact) mass is 290 g/mol. The second-order valence-electron chi connectivity index (χ2n) is 5.93. The molecule has 0 aromatic carbocycles. The first-order valence-corrected chi connectivity index (χ1v) is 8.01. The maximum Gasteiger partial charge on any atom is 0.133 e. The van der Waals surface area contributed by atoms with Crippen LogP contribution in [0.5, 0.6) is 0 Å². The molecule has 116 valence electrons. The Morgan fingerprint density at radius 2 is 2.33 bits per heavy atom. The first kappa shape index (κ1) is 14.8. The summed E-state index contributed by atoms with van der Waals surface area (Å²) in [5.74, 6) is 1.16. The molecule has 2 aliphatic heterocycles. The second-order valence-corrected chi connectivity index (χ2v) is 5.93. The van der Waals surface area contributed by atoms with Gasteiger partial charge in [-0.05, 0) is 25.5 Å². The first-order chi connectivity index (χ1) is 10.4. The summed E-state index contributed by atoms with van der Waals surface area (Å²) in [6.07, 6.45) is 4.60. The van der Waals surface area contributed by atoms with E-state index in [0.29, 0.717) is 0 Å². The normalized spacial score (nSPS) is 22.5. The van der Waals surface area contributed by atoms with Crippen molar-refractivity contribution in [1.29, 1.82) is 0 Å². The molecule has 1 aromatic heterocycles. The van der Waals surface area contributed by atoms with Gasteiger partial charge >= 0.3 is 0 Å². The molecule has 0 radical (unpaired) electrons. The molecule has 5 nitrogen and oxygen atoms in total. The molecule has 1 atom stereocenters. The van der Waals surface area contributed by atoms with E-state index in [1.807, 2.05) is 12.3 Å². The third kappa shape index (κ3) is 3.54. The Morgan fingerprint density at radius 3 is 3.24 bits per heavy atom. The van der Waals surface area contributed by atoms with Crippen LogP contribution in [0.25, 0.3) is 0 Å². The average molecular weight is 290 g/mol. The Hall–Kier alpha value is -1.17. The van der Waals surface area contributed by atoms with E-state index in [1.165, 1.54) is 31.5 Å². The molecule has 1 unspecified atom stereocenters. The van der Waals surface area contributed by atoms with Crippen LogP contribution in [0, 0.1) is 0 Å². The largest absolute Gasteiger partial charge is 0.383 e. The Labute approximate surface area is 127 Å². The number of anilines is 1. The summed E-state index contributed by atoms with van der Waals surface area (Å²) in [6, 6.07) is 4.95. The van der Waals surface area contributed by atoms with Crippen molar-refractivity contribution in [2.75, 3.05) is 51.3 Å². The highest BCUT2D eigenvalue weighted by atomic mass is 16.5. The smallest absolute Gasteiger partial charge is 0.133 e. The van der Waals surface area contributed by atoms with Gasteiger partial charge in [0.05, 0.1) is 6.61 Å². The molecule has 2 aliphatic rings. The number of nitrogens with zero attached hydrogens (tertiary/aromatic N) is 3. The first-order valence-electron chi connectivity index (χ1n) is 8.01. The molecular formula is C16H26N4O. The number of pyridine rings is 1. The van der Waals surface area contributed by atoms with E-state index in [1.54, 1.807) is 7.11 Å². The van der Waals surface area contributed by atoms with Crippen LogP contribution in [-0.4, -0.2) is 62.4 Å². The van der Waals surface area contributed by atoms with Crippen molar-refractivity contribution < 1.29 is 4.74 Å². The maximum absolute atomic E-state index is 5.08. The van der Waals surface area contributed by atoms with Crippen molar-refractivity contribution >= 4 is 5.82 Å². The molecule has 0 spiro atoms. The van der Waals surface area contributed by atoms with Crippen molar-refractivity contribution in [3.05, 3.63) is 23.9 Å². The molecule has 0 bridgehead atoms. The van der Waals surface area contributed by atoms with Gasteiger partial charge in [0.15, 0.2) is 0 Å². The van der Waals surface area contributed by atoms with Gasteiger partial charge < -0.3 is 15.0 Å². The number of hydrogen-bond acceptors (Lipinski definition) is 5. The van der Waals surface area contributed by atoms with E-state index in [0.717, 1.165) is 44.6 Å². The lowest BCUT2D eigenvalue weighted by Crippen LogP contribution is -2.50. The number of rotatable bonds is 6. The Balaban J connectivity index is 1.64. The van der Waals surface area contributed by atoms with E-state index < -0.39 is 0 Å². The summed E-state index contributed by atoms with van der Waals surface area (Å²) in [4.78, 5) is 9.76. The Kier molecular flexibility index (Phi) is 5.06. The van der Waals surface area contributed by atoms with E-state index in [4.69, 9.17) is 4.74 Å². The summed E-state index contributed by atoms with van der Waals surface area (Å²) in [5, 5.41) is 3.43. The summed E-state index contributed by atoms with van der Waals surface area (Å²) in [7, 11) is 1.73. The van der Waals surface area contributed by atoms with Crippen LogP contribution < -0.4 is 10.2 Å². The lowest BCUT2D eigenvalue weighted by molar-refractivity contribution is 0.199. The number of ether oxygens (including phenoxy) is 1. The lowest BCUT2D eigenvalue weighted by Gasteiger charge is -2.38. The molecule has 3 rings (SSSR count). The standard InChI is InChI=1S/C16H26N4O/c1-21-11-7-17-12-14-4-2-6-18-16(14)20-10-9-19-8-3-5-15(19)13-20/h2,4,6,15,17H,3,5,7-13H2,1H3. The summed E-state index contributed by atoms with van der Waals surface area (Å²) in [6.45, 7) is 7.17. The summed E-state index contributed by atoms with van der Waals surface area (Å²) < 4.78 is 5.08. The third-order valence-corrected chi connectivity index (χ3v) is 4.55. The second kappa shape index (κ2) is 7.20. The molecule has 21 heavy (non-hydrogen) atoms. The minimum Gasteiger partial charge on any atom is -0.383 e. The highest BCUT2D eigenvalue weighted by Crippen LogP contribution is 2.26. The number of piperazine rings is 1. The van der Waals surface area contributed by atoms with Crippen molar-refractivity contribution in [3.63, 3.8) is 0 Å². The Bertz CT molecular complexity index is 454. The summed E-state index contributed by atoms with van der Waals surface area (Å²) in [5.41, 5.74) is 1.29.